The van der Waals surface area contributed by atoms with Gasteiger partial charge >= 0.3 is 11.6 Å². The molecule has 0 bridgehead atoms. The zero-order valence-corrected chi connectivity index (χ0v) is 15.6. The van der Waals surface area contributed by atoms with Crippen LogP contribution in [0.3, 0.4) is 0 Å². The number of aromatic amines is 1. The third-order valence-electron chi connectivity index (χ3n) is 4.78. The number of carbonyl (C=O) groups is 1. The first kappa shape index (κ1) is 18.6. The number of ether oxygens (including phenoxy) is 3. The third-order valence-corrected chi connectivity index (χ3v) is 4.78. The predicted octanol–water partition coefficient (Wildman–Crippen LogP) is 1.92. The standard InChI is InChI=1S/C20H17NO8/c1-9-3-14(22)18(20(25)29-9)11(6-17(23)26-2)12-4-10-5-15-16(28-8-27-15)7-13(10)21-19(12)24/h3-5,7,11,22H,6,8H2,1-2H3,(H,21,24)/t11-/m1/s1. The van der Waals surface area contributed by atoms with Gasteiger partial charge in [-0.15, -0.1) is 0 Å². The highest BCUT2D eigenvalue weighted by molar-refractivity contribution is 5.84. The van der Waals surface area contributed by atoms with E-state index in [2.05, 4.69) is 4.98 Å². The summed E-state index contributed by atoms with van der Waals surface area (Å²) in [6, 6.07) is 6.12. The van der Waals surface area contributed by atoms with Crippen LogP contribution in [0.15, 0.2) is 38.3 Å². The maximum Gasteiger partial charge on any atom is 0.343 e. The smallest absolute Gasteiger partial charge is 0.343 e. The molecule has 1 atom stereocenters. The van der Waals surface area contributed by atoms with E-state index in [1.807, 2.05) is 0 Å². The number of fused-ring (bicyclic) bond motifs is 2. The van der Waals surface area contributed by atoms with Crippen LogP contribution in [-0.4, -0.2) is 30.0 Å². The minimum absolute atomic E-state index is 0.0754. The van der Waals surface area contributed by atoms with Crippen LogP contribution in [0.2, 0.25) is 0 Å². The molecule has 0 radical (unpaired) electrons. The Hall–Kier alpha value is -3.75. The molecule has 0 saturated carbocycles. The summed E-state index contributed by atoms with van der Waals surface area (Å²) < 4.78 is 20.5. The van der Waals surface area contributed by atoms with Crippen molar-refractivity contribution >= 4 is 16.9 Å². The summed E-state index contributed by atoms with van der Waals surface area (Å²) in [5, 5.41) is 11.0. The average Bonchev–Trinajstić information content (AvgIpc) is 3.11. The Morgan fingerprint density at radius 3 is 2.62 bits per heavy atom. The second-order valence-electron chi connectivity index (χ2n) is 6.62. The van der Waals surface area contributed by atoms with Gasteiger partial charge in [-0.25, -0.2) is 4.79 Å². The lowest BCUT2D eigenvalue weighted by Crippen LogP contribution is -2.24. The second-order valence-corrected chi connectivity index (χ2v) is 6.62. The molecular weight excluding hydrogens is 382 g/mol. The van der Waals surface area contributed by atoms with E-state index in [4.69, 9.17) is 18.6 Å². The van der Waals surface area contributed by atoms with Crippen LogP contribution < -0.4 is 20.7 Å². The van der Waals surface area contributed by atoms with E-state index in [0.29, 0.717) is 22.4 Å². The molecule has 1 aliphatic rings. The van der Waals surface area contributed by atoms with Crippen molar-refractivity contribution in [3.63, 3.8) is 0 Å². The zero-order valence-electron chi connectivity index (χ0n) is 15.6. The number of hydrogen-bond acceptors (Lipinski definition) is 8. The molecule has 9 heteroatoms. The zero-order chi connectivity index (χ0) is 20.7. The van der Waals surface area contributed by atoms with E-state index in [0.717, 1.165) is 0 Å². The number of carbonyl (C=O) groups excluding carboxylic acids is 1. The summed E-state index contributed by atoms with van der Waals surface area (Å²) in [5.41, 5.74) is -0.939. The second kappa shape index (κ2) is 7.01. The van der Waals surface area contributed by atoms with E-state index in [1.54, 1.807) is 18.2 Å². The number of rotatable bonds is 4. The van der Waals surface area contributed by atoms with Crippen LogP contribution in [0.1, 0.15) is 29.2 Å². The highest BCUT2D eigenvalue weighted by Gasteiger charge is 2.29. The van der Waals surface area contributed by atoms with E-state index >= 15 is 0 Å². The van der Waals surface area contributed by atoms with Gasteiger partial charge in [0, 0.05) is 29.0 Å². The largest absolute Gasteiger partial charge is 0.507 e. The van der Waals surface area contributed by atoms with Crippen LogP contribution >= 0.6 is 0 Å². The number of benzene rings is 1. The fraction of sp³-hybridized carbons (Fsp3) is 0.250. The summed E-state index contributed by atoms with van der Waals surface area (Å²) >= 11 is 0. The molecule has 1 aliphatic heterocycles. The number of esters is 1. The number of hydrogen-bond donors (Lipinski definition) is 2. The van der Waals surface area contributed by atoms with E-state index < -0.39 is 23.1 Å². The first-order chi connectivity index (χ1) is 13.9. The minimum Gasteiger partial charge on any atom is -0.507 e. The van der Waals surface area contributed by atoms with Gasteiger partial charge in [-0.05, 0) is 19.1 Å². The number of aromatic hydroxyl groups is 1. The van der Waals surface area contributed by atoms with E-state index in [-0.39, 0.29) is 35.9 Å². The van der Waals surface area contributed by atoms with Crippen LogP contribution in [-0.2, 0) is 9.53 Å². The quantitative estimate of drug-likeness (QED) is 0.637. The van der Waals surface area contributed by atoms with Crippen LogP contribution in [0.25, 0.3) is 10.9 Å². The van der Waals surface area contributed by atoms with Crippen LogP contribution in [0.5, 0.6) is 17.2 Å². The van der Waals surface area contributed by atoms with Gasteiger partial charge in [0.2, 0.25) is 6.79 Å². The molecule has 0 fully saturated rings. The average molecular weight is 399 g/mol. The van der Waals surface area contributed by atoms with Gasteiger partial charge in [-0.1, -0.05) is 0 Å². The van der Waals surface area contributed by atoms with Gasteiger partial charge in [-0.3, -0.25) is 9.59 Å². The Morgan fingerprint density at radius 1 is 1.21 bits per heavy atom. The van der Waals surface area contributed by atoms with Gasteiger partial charge in [0.15, 0.2) is 11.5 Å². The first-order valence-corrected chi connectivity index (χ1v) is 8.74. The van der Waals surface area contributed by atoms with Crippen molar-refractivity contribution in [1.29, 1.82) is 0 Å². The Labute approximate surface area is 163 Å². The maximum atomic E-state index is 12.8. The number of H-pyrrole nitrogens is 1. The van der Waals surface area contributed by atoms with Crippen molar-refractivity contribution in [3.8, 4) is 17.2 Å². The normalized spacial score (nSPS) is 13.4. The van der Waals surface area contributed by atoms with Crippen molar-refractivity contribution in [3.05, 3.63) is 61.9 Å². The molecule has 3 heterocycles. The van der Waals surface area contributed by atoms with Crippen molar-refractivity contribution in [2.75, 3.05) is 13.9 Å². The van der Waals surface area contributed by atoms with Crippen molar-refractivity contribution in [1.82, 2.24) is 4.98 Å². The summed E-state index contributed by atoms with van der Waals surface area (Å²) in [6.07, 6.45) is -0.336. The summed E-state index contributed by atoms with van der Waals surface area (Å²) in [5.74, 6) is -0.870. The number of methoxy groups -OCH3 is 1. The van der Waals surface area contributed by atoms with Crippen LogP contribution in [0.4, 0.5) is 0 Å². The van der Waals surface area contributed by atoms with E-state index in [9.17, 15) is 19.5 Å². The fourth-order valence-corrected chi connectivity index (χ4v) is 3.42. The fourth-order valence-electron chi connectivity index (χ4n) is 3.42. The monoisotopic (exact) mass is 399 g/mol. The summed E-state index contributed by atoms with van der Waals surface area (Å²) in [7, 11) is 1.20. The predicted molar refractivity (Wildman–Crippen MR) is 101 cm³/mol. The highest BCUT2D eigenvalue weighted by Crippen LogP contribution is 2.37. The van der Waals surface area contributed by atoms with Crippen molar-refractivity contribution in [2.24, 2.45) is 0 Å². The molecule has 2 N–H and O–H groups in total. The van der Waals surface area contributed by atoms with Gasteiger partial charge in [-0.2, -0.15) is 0 Å². The molecule has 29 heavy (non-hydrogen) atoms. The summed E-state index contributed by atoms with van der Waals surface area (Å²) in [4.78, 5) is 40.0. The Balaban J connectivity index is 1.93. The molecule has 4 rings (SSSR count). The molecule has 9 nitrogen and oxygen atoms in total. The highest BCUT2D eigenvalue weighted by atomic mass is 16.7. The minimum atomic E-state index is -1.07. The molecule has 3 aromatic rings. The van der Waals surface area contributed by atoms with Crippen molar-refractivity contribution < 1.29 is 28.5 Å². The Bertz CT molecular complexity index is 1240. The molecule has 2 aromatic heterocycles. The molecule has 0 aliphatic carbocycles. The maximum absolute atomic E-state index is 12.8. The SMILES string of the molecule is COC(=O)C[C@H](c1cc2cc3c(cc2[nH]c1=O)OCO3)c1c(O)cc(C)oc1=O. The van der Waals surface area contributed by atoms with Gasteiger partial charge in [0.25, 0.3) is 5.56 Å². The first-order valence-electron chi connectivity index (χ1n) is 8.74. The lowest BCUT2D eigenvalue weighted by Gasteiger charge is -2.17. The lowest BCUT2D eigenvalue weighted by atomic mass is 9.89. The molecular formula is C20H17NO8. The number of aromatic nitrogens is 1. The summed E-state index contributed by atoms with van der Waals surface area (Å²) in [6.45, 7) is 1.58. The molecule has 150 valence electrons. The number of aryl methyl sites for hydroxylation is 1. The van der Waals surface area contributed by atoms with Gasteiger partial charge in [0.05, 0.1) is 24.6 Å². The van der Waals surface area contributed by atoms with Gasteiger partial charge in [0.1, 0.15) is 11.5 Å². The molecule has 0 spiro atoms. The lowest BCUT2D eigenvalue weighted by molar-refractivity contribution is -0.140. The Kier molecular flexibility index (Phi) is 4.50. The topological polar surface area (TPSA) is 128 Å². The number of nitrogens with one attached hydrogen (secondary N) is 1. The van der Waals surface area contributed by atoms with Crippen LogP contribution in [0, 0.1) is 6.92 Å². The van der Waals surface area contributed by atoms with Gasteiger partial charge < -0.3 is 28.7 Å². The van der Waals surface area contributed by atoms with Crippen molar-refractivity contribution in [2.45, 2.75) is 19.3 Å². The molecule has 0 amide bonds. The molecule has 1 aromatic carbocycles. The molecule has 0 unspecified atom stereocenters. The number of pyridine rings is 1. The third kappa shape index (κ3) is 3.31. The Morgan fingerprint density at radius 2 is 1.93 bits per heavy atom. The molecule has 0 saturated heterocycles. The van der Waals surface area contributed by atoms with E-state index in [1.165, 1.54) is 20.1 Å².